The zero-order chi connectivity index (χ0) is 13.8. The topological polar surface area (TPSA) is 47.6 Å². The second-order valence-electron chi connectivity index (χ2n) is 6.29. The highest BCUT2D eigenvalue weighted by atomic mass is 16.5. The van der Waals surface area contributed by atoms with Crippen LogP contribution in [-0.4, -0.2) is 37.9 Å². The van der Waals surface area contributed by atoms with E-state index in [1.165, 1.54) is 12.8 Å². The van der Waals surface area contributed by atoms with Crippen LogP contribution in [0, 0.1) is 17.8 Å². The number of hydrogen-bond acceptors (Lipinski definition) is 3. The van der Waals surface area contributed by atoms with Crippen LogP contribution in [0.3, 0.4) is 0 Å². The standard InChI is InChI=1S/C15H27NO3/c1-10(2)14-13(6-7-18-14)8-16-15(17)11(3)19-9-12-4-5-12/h10-14H,4-9H2,1-3H3,(H,16,17)/t11-,13-,14-/m1/s1. The number of hydrogen-bond donors (Lipinski definition) is 1. The Morgan fingerprint density at radius 2 is 2.05 bits per heavy atom. The van der Waals surface area contributed by atoms with Gasteiger partial charge in [0.15, 0.2) is 0 Å². The first-order valence-electron chi connectivity index (χ1n) is 7.59. The first-order valence-corrected chi connectivity index (χ1v) is 7.59. The summed E-state index contributed by atoms with van der Waals surface area (Å²) in [5.74, 6) is 1.66. The third-order valence-corrected chi connectivity index (χ3v) is 4.11. The lowest BCUT2D eigenvalue weighted by Crippen LogP contribution is -2.40. The summed E-state index contributed by atoms with van der Waals surface area (Å²) in [5, 5.41) is 3.01. The molecule has 1 aliphatic heterocycles. The largest absolute Gasteiger partial charge is 0.378 e. The fourth-order valence-corrected chi connectivity index (χ4v) is 2.63. The van der Waals surface area contributed by atoms with Gasteiger partial charge in [0.05, 0.1) is 12.7 Å². The summed E-state index contributed by atoms with van der Waals surface area (Å²) in [5.41, 5.74) is 0. The summed E-state index contributed by atoms with van der Waals surface area (Å²) in [6.45, 7) is 8.44. The van der Waals surface area contributed by atoms with Gasteiger partial charge in [-0.05, 0) is 38.0 Å². The Labute approximate surface area is 116 Å². The summed E-state index contributed by atoms with van der Waals surface area (Å²) in [6.07, 6.45) is 3.50. The minimum atomic E-state index is -0.333. The Morgan fingerprint density at radius 3 is 2.68 bits per heavy atom. The monoisotopic (exact) mass is 269 g/mol. The number of ether oxygens (including phenoxy) is 2. The molecule has 4 nitrogen and oxygen atoms in total. The molecular formula is C15H27NO3. The summed E-state index contributed by atoms with van der Waals surface area (Å²) < 4.78 is 11.3. The van der Waals surface area contributed by atoms with E-state index in [0.29, 0.717) is 24.3 Å². The molecule has 3 atom stereocenters. The molecule has 2 rings (SSSR count). The van der Waals surface area contributed by atoms with Crippen molar-refractivity contribution in [2.45, 2.75) is 52.2 Å². The Bertz CT molecular complexity index is 302. The Morgan fingerprint density at radius 1 is 1.32 bits per heavy atom. The molecule has 0 spiro atoms. The minimum Gasteiger partial charge on any atom is -0.378 e. The average Bonchev–Trinajstić information content (AvgIpc) is 3.08. The maximum absolute atomic E-state index is 11.9. The van der Waals surface area contributed by atoms with E-state index in [9.17, 15) is 4.79 Å². The van der Waals surface area contributed by atoms with Crippen molar-refractivity contribution in [1.82, 2.24) is 5.32 Å². The Kier molecular flexibility index (Phi) is 5.22. The molecule has 2 aliphatic rings. The molecule has 1 N–H and O–H groups in total. The van der Waals surface area contributed by atoms with Crippen molar-refractivity contribution in [2.75, 3.05) is 19.8 Å². The van der Waals surface area contributed by atoms with Crippen molar-refractivity contribution >= 4 is 5.91 Å². The molecule has 110 valence electrons. The predicted molar refractivity (Wildman–Crippen MR) is 73.8 cm³/mol. The van der Waals surface area contributed by atoms with Crippen molar-refractivity contribution < 1.29 is 14.3 Å². The highest BCUT2D eigenvalue weighted by Gasteiger charge is 2.31. The summed E-state index contributed by atoms with van der Waals surface area (Å²) in [7, 11) is 0. The van der Waals surface area contributed by atoms with Gasteiger partial charge in [-0.2, -0.15) is 0 Å². The van der Waals surface area contributed by atoms with E-state index >= 15 is 0 Å². The van der Waals surface area contributed by atoms with Crippen LogP contribution in [-0.2, 0) is 14.3 Å². The van der Waals surface area contributed by atoms with Gasteiger partial charge in [0.1, 0.15) is 6.10 Å². The molecule has 1 saturated heterocycles. The normalized spacial score (nSPS) is 28.6. The quantitative estimate of drug-likeness (QED) is 0.769. The fourth-order valence-electron chi connectivity index (χ4n) is 2.63. The van der Waals surface area contributed by atoms with Crippen LogP contribution in [0.15, 0.2) is 0 Å². The Balaban J connectivity index is 1.66. The Hall–Kier alpha value is -0.610. The first-order chi connectivity index (χ1) is 9.08. The van der Waals surface area contributed by atoms with Crippen LogP contribution in [0.4, 0.5) is 0 Å². The van der Waals surface area contributed by atoms with Crippen molar-refractivity contribution in [3.63, 3.8) is 0 Å². The van der Waals surface area contributed by atoms with Crippen molar-refractivity contribution in [1.29, 1.82) is 0 Å². The zero-order valence-corrected chi connectivity index (χ0v) is 12.4. The number of carbonyl (C=O) groups is 1. The van der Waals surface area contributed by atoms with Gasteiger partial charge in [-0.15, -0.1) is 0 Å². The summed E-state index contributed by atoms with van der Waals surface area (Å²) in [4.78, 5) is 11.9. The zero-order valence-electron chi connectivity index (χ0n) is 12.4. The van der Waals surface area contributed by atoms with Gasteiger partial charge >= 0.3 is 0 Å². The van der Waals surface area contributed by atoms with Gasteiger partial charge in [-0.25, -0.2) is 0 Å². The molecule has 2 fully saturated rings. The molecule has 4 heteroatoms. The molecule has 1 amide bonds. The number of rotatable bonds is 7. The molecular weight excluding hydrogens is 242 g/mol. The van der Waals surface area contributed by atoms with Crippen molar-refractivity contribution in [3.05, 3.63) is 0 Å². The van der Waals surface area contributed by atoms with E-state index in [-0.39, 0.29) is 18.1 Å². The smallest absolute Gasteiger partial charge is 0.248 e. The lowest BCUT2D eigenvalue weighted by atomic mass is 9.93. The summed E-state index contributed by atoms with van der Waals surface area (Å²) >= 11 is 0. The van der Waals surface area contributed by atoms with Gasteiger partial charge in [0.2, 0.25) is 5.91 Å². The predicted octanol–water partition coefficient (Wildman–Crippen LogP) is 1.98. The van der Waals surface area contributed by atoms with Gasteiger partial charge < -0.3 is 14.8 Å². The van der Waals surface area contributed by atoms with Crippen LogP contribution >= 0.6 is 0 Å². The fraction of sp³-hybridized carbons (Fsp3) is 0.933. The minimum absolute atomic E-state index is 0.00931. The van der Waals surface area contributed by atoms with Crippen molar-refractivity contribution in [2.24, 2.45) is 17.8 Å². The molecule has 0 radical (unpaired) electrons. The van der Waals surface area contributed by atoms with E-state index in [4.69, 9.17) is 9.47 Å². The van der Waals surface area contributed by atoms with Gasteiger partial charge in [-0.3, -0.25) is 4.79 Å². The van der Waals surface area contributed by atoms with E-state index < -0.39 is 0 Å². The van der Waals surface area contributed by atoms with Gasteiger partial charge in [0, 0.05) is 19.1 Å². The molecule has 0 aromatic rings. The number of nitrogens with one attached hydrogen (secondary N) is 1. The lowest BCUT2D eigenvalue weighted by molar-refractivity contribution is -0.132. The molecule has 19 heavy (non-hydrogen) atoms. The summed E-state index contributed by atoms with van der Waals surface area (Å²) in [6, 6.07) is 0. The lowest BCUT2D eigenvalue weighted by Gasteiger charge is -2.23. The molecule has 1 aliphatic carbocycles. The van der Waals surface area contributed by atoms with Gasteiger partial charge in [0.25, 0.3) is 0 Å². The molecule has 0 unspecified atom stereocenters. The molecule has 0 aromatic carbocycles. The first kappa shape index (κ1) is 14.8. The maximum Gasteiger partial charge on any atom is 0.248 e. The van der Waals surface area contributed by atoms with Crippen LogP contribution in [0.25, 0.3) is 0 Å². The van der Waals surface area contributed by atoms with Crippen molar-refractivity contribution in [3.8, 4) is 0 Å². The maximum atomic E-state index is 11.9. The number of amides is 1. The number of carbonyl (C=O) groups excluding carboxylic acids is 1. The van der Waals surface area contributed by atoms with E-state index in [2.05, 4.69) is 19.2 Å². The highest BCUT2D eigenvalue weighted by Crippen LogP contribution is 2.29. The highest BCUT2D eigenvalue weighted by molar-refractivity contribution is 5.80. The molecule has 0 bridgehead atoms. The van der Waals surface area contributed by atoms with E-state index in [1.807, 2.05) is 6.92 Å². The SMILES string of the molecule is CC(C)[C@H]1OCC[C@@H]1CNC(=O)[C@@H](C)OCC1CC1. The van der Waals surface area contributed by atoms with E-state index in [1.54, 1.807) is 0 Å². The van der Waals surface area contributed by atoms with Crippen LogP contribution < -0.4 is 5.32 Å². The average molecular weight is 269 g/mol. The third-order valence-electron chi connectivity index (χ3n) is 4.11. The van der Waals surface area contributed by atoms with Gasteiger partial charge in [-0.1, -0.05) is 13.8 Å². The second kappa shape index (κ2) is 6.71. The molecule has 0 aromatic heterocycles. The van der Waals surface area contributed by atoms with Crippen LogP contribution in [0.2, 0.25) is 0 Å². The molecule has 1 heterocycles. The molecule has 1 saturated carbocycles. The second-order valence-corrected chi connectivity index (χ2v) is 6.29. The van der Waals surface area contributed by atoms with E-state index in [0.717, 1.165) is 19.6 Å². The third kappa shape index (κ3) is 4.46. The van der Waals surface area contributed by atoms with Crippen LogP contribution in [0.5, 0.6) is 0 Å². The van der Waals surface area contributed by atoms with Crippen LogP contribution in [0.1, 0.15) is 40.0 Å².